The van der Waals surface area contributed by atoms with Crippen molar-refractivity contribution in [2.45, 2.75) is 45.8 Å². The van der Waals surface area contributed by atoms with Gasteiger partial charge in [0.1, 0.15) is 11.2 Å². The highest BCUT2D eigenvalue weighted by atomic mass is 19.1. The summed E-state index contributed by atoms with van der Waals surface area (Å²) in [6, 6.07) is 2.96. The third-order valence-electron chi connectivity index (χ3n) is 4.45. The van der Waals surface area contributed by atoms with Gasteiger partial charge in [0.15, 0.2) is 5.82 Å². The van der Waals surface area contributed by atoms with Crippen LogP contribution in [-0.4, -0.2) is 55.3 Å². The molecular weight excluding hydrogens is 353 g/mol. The van der Waals surface area contributed by atoms with Crippen LogP contribution in [0, 0.1) is 5.82 Å². The Hall–Kier alpha value is -2.51. The van der Waals surface area contributed by atoms with Crippen molar-refractivity contribution < 1.29 is 23.5 Å². The van der Waals surface area contributed by atoms with Crippen LogP contribution in [0.5, 0.6) is 0 Å². The molecule has 1 aromatic rings. The number of halogens is 1. The van der Waals surface area contributed by atoms with E-state index in [0.29, 0.717) is 31.7 Å². The second-order valence-corrected chi connectivity index (χ2v) is 7.54. The average molecular weight is 381 g/mol. The summed E-state index contributed by atoms with van der Waals surface area (Å²) < 4.78 is 24.7. The van der Waals surface area contributed by atoms with Crippen molar-refractivity contribution in [3.8, 4) is 0 Å². The van der Waals surface area contributed by atoms with Gasteiger partial charge in [0, 0.05) is 25.7 Å². The maximum Gasteiger partial charge on any atom is 0.410 e. The van der Waals surface area contributed by atoms with Gasteiger partial charge in [-0.2, -0.15) is 0 Å². The Labute approximate surface area is 159 Å². The van der Waals surface area contributed by atoms with Crippen LogP contribution in [0.25, 0.3) is 0 Å². The standard InChI is InChI=1S/C19H28FN3O4/c1-6-12-11-22(18(25)27-19(2,3)4)9-10-23(12)14-8-7-13(21)16(20)15(14)17(24)26-5/h7-8,12H,6,9-11,21H2,1-5H3/t12-/m1/s1. The summed E-state index contributed by atoms with van der Waals surface area (Å²) in [5.74, 6) is -1.57. The molecule has 1 saturated heterocycles. The molecule has 1 aliphatic rings. The molecule has 0 saturated carbocycles. The highest BCUT2D eigenvalue weighted by Gasteiger charge is 2.34. The zero-order valence-electron chi connectivity index (χ0n) is 16.5. The van der Waals surface area contributed by atoms with E-state index in [2.05, 4.69) is 0 Å². The van der Waals surface area contributed by atoms with Crippen molar-refractivity contribution in [3.05, 3.63) is 23.5 Å². The molecule has 1 heterocycles. The van der Waals surface area contributed by atoms with Crippen LogP contribution in [-0.2, 0) is 9.47 Å². The lowest BCUT2D eigenvalue weighted by molar-refractivity contribution is 0.0212. The summed E-state index contributed by atoms with van der Waals surface area (Å²) in [6.45, 7) is 8.68. The van der Waals surface area contributed by atoms with Gasteiger partial charge in [0.2, 0.25) is 0 Å². The lowest BCUT2D eigenvalue weighted by atomic mass is 10.0. The minimum absolute atomic E-state index is 0.0994. The Morgan fingerprint density at radius 1 is 1.30 bits per heavy atom. The van der Waals surface area contributed by atoms with Crippen LogP contribution >= 0.6 is 0 Å². The fourth-order valence-corrected chi connectivity index (χ4v) is 3.13. The predicted octanol–water partition coefficient (Wildman–Crippen LogP) is 3.03. The number of ether oxygens (including phenoxy) is 2. The summed E-state index contributed by atoms with van der Waals surface area (Å²) >= 11 is 0. The van der Waals surface area contributed by atoms with E-state index in [1.807, 2.05) is 32.6 Å². The zero-order valence-corrected chi connectivity index (χ0v) is 16.5. The van der Waals surface area contributed by atoms with Gasteiger partial charge in [-0.05, 0) is 39.3 Å². The first-order valence-corrected chi connectivity index (χ1v) is 8.99. The quantitative estimate of drug-likeness (QED) is 0.640. The summed E-state index contributed by atoms with van der Waals surface area (Å²) in [5.41, 5.74) is 5.18. The average Bonchev–Trinajstić information content (AvgIpc) is 2.61. The molecule has 2 N–H and O–H groups in total. The molecule has 1 atom stereocenters. The molecule has 7 nitrogen and oxygen atoms in total. The molecule has 0 aromatic heterocycles. The second kappa shape index (κ2) is 8.02. The van der Waals surface area contributed by atoms with Crippen LogP contribution in [0.4, 0.5) is 20.6 Å². The Morgan fingerprint density at radius 3 is 2.52 bits per heavy atom. The van der Waals surface area contributed by atoms with Gasteiger partial charge in [-0.1, -0.05) is 6.92 Å². The Morgan fingerprint density at radius 2 is 1.96 bits per heavy atom. The van der Waals surface area contributed by atoms with Crippen LogP contribution in [0.3, 0.4) is 0 Å². The number of methoxy groups -OCH3 is 1. The molecule has 27 heavy (non-hydrogen) atoms. The number of amides is 1. The van der Waals surface area contributed by atoms with Gasteiger partial charge in [0.05, 0.1) is 18.5 Å². The number of carbonyl (C=O) groups excluding carboxylic acids is 2. The van der Waals surface area contributed by atoms with Crippen molar-refractivity contribution in [1.82, 2.24) is 4.90 Å². The molecule has 0 radical (unpaired) electrons. The van der Waals surface area contributed by atoms with Gasteiger partial charge in [0.25, 0.3) is 0 Å². The number of rotatable bonds is 3. The molecule has 1 aliphatic heterocycles. The highest BCUT2D eigenvalue weighted by molar-refractivity contribution is 5.97. The Bertz CT molecular complexity index is 718. The van der Waals surface area contributed by atoms with Gasteiger partial charge in [-0.15, -0.1) is 0 Å². The summed E-state index contributed by atoms with van der Waals surface area (Å²) in [6.07, 6.45) is 0.323. The number of nitrogens with zero attached hydrogens (tertiary/aromatic N) is 2. The first-order chi connectivity index (χ1) is 12.6. The number of esters is 1. The zero-order chi connectivity index (χ0) is 20.4. The van der Waals surface area contributed by atoms with E-state index < -0.39 is 17.4 Å². The minimum Gasteiger partial charge on any atom is -0.465 e. The van der Waals surface area contributed by atoms with Crippen molar-refractivity contribution >= 4 is 23.4 Å². The number of hydrogen-bond acceptors (Lipinski definition) is 6. The highest BCUT2D eigenvalue weighted by Crippen LogP contribution is 2.31. The van der Waals surface area contributed by atoms with Crippen molar-refractivity contribution in [1.29, 1.82) is 0 Å². The van der Waals surface area contributed by atoms with Gasteiger partial charge in [-0.25, -0.2) is 14.0 Å². The summed E-state index contributed by atoms with van der Waals surface area (Å²) in [5, 5.41) is 0. The fraction of sp³-hybridized carbons (Fsp3) is 0.579. The van der Waals surface area contributed by atoms with Crippen molar-refractivity contribution in [3.63, 3.8) is 0 Å². The first kappa shape index (κ1) is 20.8. The molecule has 0 unspecified atom stereocenters. The number of anilines is 2. The predicted molar refractivity (Wildman–Crippen MR) is 101 cm³/mol. The molecule has 1 aromatic carbocycles. The number of piperazine rings is 1. The van der Waals surface area contributed by atoms with E-state index in [-0.39, 0.29) is 23.4 Å². The van der Waals surface area contributed by atoms with E-state index in [9.17, 15) is 14.0 Å². The number of hydrogen-bond donors (Lipinski definition) is 1. The third kappa shape index (κ3) is 4.61. The first-order valence-electron chi connectivity index (χ1n) is 8.99. The maximum atomic E-state index is 14.5. The summed E-state index contributed by atoms with van der Waals surface area (Å²) in [7, 11) is 1.20. The topological polar surface area (TPSA) is 85.1 Å². The van der Waals surface area contributed by atoms with E-state index >= 15 is 0 Å². The van der Waals surface area contributed by atoms with E-state index in [4.69, 9.17) is 15.2 Å². The Balaban J connectivity index is 2.30. The monoisotopic (exact) mass is 381 g/mol. The summed E-state index contributed by atoms with van der Waals surface area (Å²) in [4.78, 5) is 28.1. The van der Waals surface area contributed by atoms with Crippen molar-refractivity contribution in [2.75, 3.05) is 37.4 Å². The number of nitrogen functional groups attached to an aromatic ring is 1. The van der Waals surface area contributed by atoms with Crippen LogP contribution in [0.15, 0.2) is 12.1 Å². The molecule has 150 valence electrons. The molecule has 0 spiro atoms. The number of carbonyl (C=O) groups is 2. The largest absolute Gasteiger partial charge is 0.465 e. The fourth-order valence-electron chi connectivity index (χ4n) is 3.13. The van der Waals surface area contributed by atoms with Crippen LogP contribution < -0.4 is 10.6 Å². The lowest BCUT2D eigenvalue weighted by Crippen LogP contribution is -2.55. The van der Waals surface area contributed by atoms with Crippen molar-refractivity contribution in [2.24, 2.45) is 0 Å². The minimum atomic E-state index is -0.788. The van der Waals surface area contributed by atoms with Gasteiger partial charge < -0.3 is 25.0 Å². The van der Waals surface area contributed by atoms with Gasteiger partial charge in [-0.3, -0.25) is 0 Å². The number of nitrogens with two attached hydrogens (primary N) is 1. The molecule has 0 bridgehead atoms. The van der Waals surface area contributed by atoms with E-state index in [1.54, 1.807) is 11.0 Å². The van der Waals surface area contributed by atoms with Crippen LogP contribution in [0.1, 0.15) is 44.5 Å². The molecule has 8 heteroatoms. The van der Waals surface area contributed by atoms with Gasteiger partial charge >= 0.3 is 12.1 Å². The molecular formula is C19H28FN3O4. The van der Waals surface area contributed by atoms with E-state index in [0.717, 1.165) is 0 Å². The Kier molecular flexibility index (Phi) is 6.18. The smallest absolute Gasteiger partial charge is 0.410 e. The number of benzene rings is 1. The third-order valence-corrected chi connectivity index (χ3v) is 4.45. The SMILES string of the molecule is CC[C@@H]1CN(C(=O)OC(C)(C)C)CCN1c1ccc(N)c(F)c1C(=O)OC. The molecule has 1 fully saturated rings. The lowest BCUT2D eigenvalue weighted by Gasteiger charge is -2.43. The second-order valence-electron chi connectivity index (χ2n) is 7.54. The molecule has 1 amide bonds. The molecule has 0 aliphatic carbocycles. The normalized spacial score (nSPS) is 17.6. The van der Waals surface area contributed by atoms with Crippen LogP contribution in [0.2, 0.25) is 0 Å². The maximum absolute atomic E-state index is 14.5. The molecule has 2 rings (SSSR count). The van der Waals surface area contributed by atoms with E-state index in [1.165, 1.54) is 13.2 Å².